The average Bonchev–Trinajstić information content (AvgIpc) is 2.81. The SMILES string of the molecule is CC(=O)C1CC2(C(C)C)CCC1(C)C(OC(=O)c1ccccc1)C2OC(=O)c1ccccc1. The quantitative estimate of drug-likeness (QED) is 0.547. The maximum atomic E-state index is 13.1. The van der Waals surface area contributed by atoms with E-state index in [1.54, 1.807) is 55.5 Å². The number of rotatable bonds is 6. The van der Waals surface area contributed by atoms with Crippen LogP contribution in [0.4, 0.5) is 0 Å². The van der Waals surface area contributed by atoms with Crippen LogP contribution in [0.15, 0.2) is 60.7 Å². The average molecular weight is 449 g/mol. The molecule has 3 aliphatic carbocycles. The molecule has 5 unspecified atom stereocenters. The molecule has 0 saturated heterocycles. The highest BCUT2D eigenvalue weighted by Crippen LogP contribution is 2.64. The first-order valence-electron chi connectivity index (χ1n) is 11.7. The van der Waals surface area contributed by atoms with Gasteiger partial charge in [-0.2, -0.15) is 0 Å². The third-order valence-electron chi connectivity index (χ3n) is 8.13. The molecule has 3 aliphatic rings. The van der Waals surface area contributed by atoms with Crippen LogP contribution in [0.5, 0.6) is 0 Å². The lowest BCUT2D eigenvalue weighted by molar-refractivity contribution is -0.231. The van der Waals surface area contributed by atoms with Gasteiger partial charge in [0.25, 0.3) is 0 Å². The summed E-state index contributed by atoms with van der Waals surface area (Å²) in [5, 5.41) is 0. The molecule has 5 atom stereocenters. The lowest BCUT2D eigenvalue weighted by Gasteiger charge is -2.63. The van der Waals surface area contributed by atoms with Crippen molar-refractivity contribution in [3.63, 3.8) is 0 Å². The molecule has 2 bridgehead atoms. The van der Waals surface area contributed by atoms with E-state index in [-0.39, 0.29) is 17.6 Å². The fourth-order valence-corrected chi connectivity index (χ4v) is 5.99. The predicted octanol–water partition coefficient (Wildman–Crippen LogP) is 5.49. The topological polar surface area (TPSA) is 69.7 Å². The maximum absolute atomic E-state index is 13.1. The number of hydrogen-bond donors (Lipinski definition) is 0. The monoisotopic (exact) mass is 448 g/mol. The Hall–Kier alpha value is -2.95. The normalized spacial score (nSPS) is 30.6. The van der Waals surface area contributed by atoms with Gasteiger partial charge in [-0.15, -0.1) is 0 Å². The van der Waals surface area contributed by atoms with Gasteiger partial charge in [-0.25, -0.2) is 9.59 Å². The Morgan fingerprint density at radius 3 is 1.76 bits per heavy atom. The number of Topliss-reactive ketones (excluding diaryl/α,β-unsaturated/α-hetero) is 1. The third-order valence-corrected chi connectivity index (χ3v) is 8.13. The zero-order valence-electron chi connectivity index (χ0n) is 19.7. The van der Waals surface area contributed by atoms with Crippen LogP contribution >= 0.6 is 0 Å². The number of carbonyl (C=O) groups excluding carboxylic acids is 3. The van der Waals surface area contributed by atoms with Gasteiger partial charge in [0.05, 0.1) is 11.1 Å². The number of esters is 2. The molecule has 33 heavy (non-hydrogen) atoms. The minimum absolute atomic E-state index is 0.0934. The summed E-state index contributed by atoms with van der Waals surface area (Å²) in [5.41, 5.74) is -0.151. The van der Waals surface area contributed by atoms with Gasteiger partial charge < -0.3 is 9.47 Å². The Morgan fingerprint density at radius 2 is 1.30 bits per heavy atom. The maximum Gasteiger partial charge on any atom is 0.338 e. The van der Waals surface area contributed by atoms with Crippen LogP contribution in [0.2, 0.25) is 0 Å². The van der Waals surface area contributed by atoms with E-state index >= 15 is 0 Å². The summed E-state index contributed by atoms with van der Waals surface area (Å²) in [6, 6.07) is 17.7. The van der Waals surface area contributed by atoms with Crippen molar-refractivity contribution in [1.29, 1.82) is 0 Å². The first kappa shape index (κ1) is 23.2. The van der Waals surface area contributed by atoms with Crippen molar-refractivity contribution in [1.82, 2.24) is 0 Å². The minimum Gasteiger partial charge on any atom is -0.454 e. The van der Waals surface area contributed by atoms with Gasteiger partial charge in [-0.05, 0) is 56.4 Å². The van der Waals surface area contributed by atoms with E-state index in [0.717, 1.165) is 12.8 Å². The Bertz CT molecular complexity index is 1030. The number of carbonyl (C=O) groups is 3. The summed E-state index contributed by atoms with van der Waals surface area (Å²) < 4.78 is 12.3. The van der Waals surface area contributed by atoms with Crippen molar-refractivity contribution in [2.24, 2.45) is 22.7 Å². The van der Waals surface area contributed by atoms with Crippen molar-refractivity contribution >= 4 is 17.7 Å². The van der Waals surface area contributed by atoms with E-state index in [0.29, 0.717) is 17.5 Å². The van der Waals surface area contributed by atoms with Crippen molar-refractivity contribution in [3.05, 3.63) is 71.8 Å². The van der Waals surface area contributed by atoms with E-state index in [9.17, 15) is 14.4 Å². The zero-order chi connectivity index (χ0) is 23.8. The van der Waals surface area contributed by atoms with Crippen molar-refractivity contribution in [3.8, 4) is 0 Å². The number of hydrogen-bond acceptors (Lipinski definition) is 5. The van der Waals surface area contributed by atoms with Gasteiger partial charge in [-0.3, -0.25) is 4.79 Å². The molecule has 5 heteroatoms. The Balaban J connectivity index is 1.76. The highest BCUT2D eigenvalue weighted by atomic mass is 16.6. The summed E-state index contributed by atoms with van der Waals surface area (Å²) in [7, 11) is 0. The summed E-state index contributed by atoms with van der Waals surface area (Å²) >= 11 is 0. The zero-order valence-corrected chi connectivity index (χ0v) is 19.7. The molecule has 3 fully saturated rings. The highest BCUT2D eigenvalue weighted by Gasteiger charge is 2.67. The van der Waals surface area contributed by atoms with Gasteiger partial charge in [0.1, 0.15) is 18.0 Å². The molecule has 0 amide bonds. The fourth-order valence-electron chi connectivity index (χ4n) is 5.99. The van der Waals surface area contributed by atoms with E-state index in [4.69, 9.17) is 9.47 Å². The summed E-state index contributed by atoms with van der Waals surface area (Å²) in [6.45, 7) is 7.83. The summed E-state index contributed by atoms with van der Waals surface area (Å²) in [5.74, 6) is -0.923. The molecule has 3 saturated carbocycles. The largest absolute Gasteiger partial charge is 0.454 e. The Morgan fingerprint density at radius 1 is 0.818 bits per heavy atom. The molecule has 2 aromatic carbocycles. The molecule has 0 aliphatic heterocycles. The Labute approximate surface area is 195 Å². The minimum atomic E-state index is -0.711. The number of fused-ring (bicyclic) bond motifs is 3. The van der Waals surface area contributed by atoms with Gasteiger partial charge in [0, 0.05) is 16.7 Å². The van der Waals surface area contributed by atoms with Crippen molar-refractivity contribution in [2.75, 3.05) is 0 Å². The van der Waals surface area contributed by atoms with Crippen LogP contribution in [0, 0.1) is 22.7 Å². The number of ketones is 1. The van der Waals surface area contributed by atoms with Crippen LogP contribution in [-0.4, -0.2) is 29.9 Å². The van der Waals surface area contributed by atoms with Gasteiger partial charge >= 0.3 is 11.9 Å². The van der Waals surface area contributed by atoms with Gasteiger partial charge in [0.15, 0.2) is 0 Å². The van der Waals surface area contributed by atoms with Crippen LogP contribution in [0.3, 0.4) is 0 Å². The van der Waals surface area contributed by atoms with E-state index in [2.05, 4.69) is 13.8 Å². The van der Waals surface area contributed by atoms with E-state index < -0.39 is 35.0 Å². The van der Waals surface area contributed by atoms with Crippen LogP contribution in [0.25, 0.3) is 0 Å². The molecule has 2 aromatic rings. The molecule has 0 radical (unpaired) electrons. The van der Waals surface area contributed by atoms with Crippen molar-refractivity contribution in [2.45, 2.75) is 59.2 Å². The fraction of sp³-hybridized carbons (Fsp3) is 0.464. The lowest BCUT2D eigenvalue weighted by Crippen LogP contribution is -2.68. The highest BCUT2D eigenvalue weighted by molar-refractivity contribution is 5.90. The molecule has 0 aromatic heterocycles. The molecular weight excluding hydrogens is 416 g/mol. The standard InChI is InChI=1S/C28H32O5/c1-18(2)28-16-15-27(4,22(17-28)19(3)29)23(32-25(30)20-11-7-5-8-12-20)24(28)33-26(31)21-13-9-6-10-14-21/h5-14,18,22-24H,15-17H2,1-4H3. The first-order chi connectivity index (χ1) is 15.7. The third kappa shape index (κ3) is 3.98. The molecule has 0 spiro atoms. The van der Waals surface area contributed by atoms with E-state index in [1.165, 1.54) is 0 Å². The van der Waals surface area contributed by atoms with E-state index in [1.807, 2.05) is 19.1 Å². The first-order valence-corrected chi connectivity index (χ1v) is 11.7. The van der Waals surface area contributed by atoms with Crippen LogP contribution in [0.1, 0.15) is 67.7 Å². The van der Waals surface area contributed by atoms with Crippen molar-refractivity contribution < 1.29 is 23.9 Å². The van der Waals surface area contributed by atoms with Crippen LogP contribution in [-0.2, 0) is 14.3 Å². The summed E-state index contributed by atoms with van der Waals surface area (Å²) in [4.78, 5) is 39.0. The molecule has 0 N–H and O–H groups in total. The Kier molecular flexibility index (Phi) is 6.17. The predicted molar refractivity (Wildman–Crippen MR) is 125 cm³/mol. The van der Waals surface area contributed by atoms with Crippen LogP contribution < -0.4 is 0 Å². The molecular formula is C28H32O5. The molecule has 5 rings (SSSR count). The smallest absolute Gasteiger partial charge is 0.338 e. The molecule has 5 nitrogen and oxygen atoms in total. The number of ether oxygens (including phenoxy) is 2. The second kappa shape index (κ2) is 8.77. The lowest BCUT2D eigenvalue weighted by atomic mass is 9.44. The van der Waals surface area contributed by atoms with Gasteiger partial charge in [-0.1, -0.05) is 57.2 Å². The second-order valence-corrected chi connectivity index (χ2v) is 10.1. The molecule has 174 valence electrons. The molecule has 0 heterocycles. The summed E-state index contributed by atoms with van der Waals surface area (Å²) in [6.07, 6.45) is 0.838. The second-order valence-electron chi connectivity index (χ2n) is 10.1. The number of benzene rings is 2. The van der Waals surface area contributed by atoms with Gasteiger partial charge in [0.2, 0.25) is 0 Å².